The van der Waals surface area contributed by atoms with Crippen LogP contribution in [0.5, 0.6) is 11.5 Å². The fourth-order valence-corrected chi connectivity index (χ4v) is 3.25. The van der Waals surface area contributed by atoms with Gasteiger partial charge < -0.3 is 13.9 Å². The molecule has 1 aliphatic rings. The molecule has 0 spiro atoms. The van der Waals surface area contributed by atoms with Crippen molar-refractivity contribution < 1.29 is 23.5 Å². The quantitative estimate of drug-likeness (QED) is 0.311. The maximum absolute atomic E-state index is 12.7. The highest BCUT2D eigenvalue weighted by Gasteiger charge is 2.31. The Morgan fingerprint density at radius 2 is 1.96 bits per heavy atom. The van der Waals surface area contributed by atoms with Gasteiger partial charge in [-0.05, 0) is 55.0 Å². The number of hydrogen-bond donors (Lipinski definition) is 0. The summed E-state index contributed by atoms with van der Waals surface area (Å²) in [5.74, 6) is -0.106. The molecule has 2 heterocycles. The van der Waals surface area contributed by atoms with Gasteiger partial charge in [0.2, 0.25) is 11.5 Å². The number of rotatable bonds is 3. The minimum Gasteiger partial charge on any atom is -0.457 e. The summed E-state index contributed by atoms with van der Waals surface area (Å²) in [4.78, 5) is 24.8. The van der Waals surface area contributed by atoms with Crippen LogP contribution in [0.2, 0.25) is 10.0 Å². The monoisotopic (exact) mass is 414 g/mol. The number of benzene rings is 2. The van der Waals surface area contributed by atoms with Gasteiger partial charge in [-0.2, -0.15) is 0 Å². The molecule has 7 heteroatoms. The molecule has 0 atom stereocenters. The predicted octanol–water partition coefficient (Wildman–Crippen LogP) is 5.73. The highest BCUT2D eigenvalue weighted by molar-refractivity contribution is 6.35. The van der Waals surface area contributed by atoms with Crippen LogP contribution >= 0.6 is 23.2 Å². The number of ketones is 1. The van der Waals surface area contributed by atoms with E-state index in [4.69, 9.17) is 37.1 Å². The van der Waals surface area contributed by atoms with Crippen molar-refractivity contribution in [1.29, 1.82) is 0 Å². The van der Waals surface area contributed by atoms with Crippen LogP contribution < -0.4 is 9.47 Å². The Bertz CT molecular complexity index is 1130. The van der Waals surface area contributed by atoms with Crippen LogP contribution in [-0.2, 0) is 0 Å². The molecule has 28 heavy (non-hydrogen) atoms. The molecule has 4 rings (SSSR count). The van der Waals surface area contributed by atoms with E-state index in [-0.39, 0.29) is 23.1 Å². The third-order valence-electron chi connectivity index (χ3n) is 4.21. The maximum atomic E-state index is 12.7. The third-order valence-corrected chi connectivity index (χ3v) is 4.77. The van der Waals surface area contributed by atoms with E-state index in [1.165, 1.54) is 12.3 Å². The summed E-state index contributed by atoms with van der Waals surface area (Å²) >= 11 is 12.1. The van der Waals surface area contributed by atoms with Crippen LogP contribution in [0, 0.1) is 6.92 Å². The lowest BCUT2D eigenvalue weighted by molar-refractivity contribution is 0.0700. The molecule has 0 unspecified atom stereocenters. The molecule has 0 N–H and O–H groups in total. The van der Waals surface area contributed by atoms with E-state index in [1.807, 2.05) is 0 Å². The van der Waals surface area contributed by atoms with Crippen molar-refractivity contribution in [3.8, 4) is 11.5 Å². The van der Waals surface area contributed by atoms with Crippen molar-refractivity contribution in [3.05, 3.63) is 87.0 Å². The first-order chi connectivity index (χ1) is 13.4. The third kappa shape index (κ3) is 3.30. The summed E-state index contributed by atoms with van der Waals surface area (Å²) in [6.07, 6.45) is 2.93. The van der Waals surface area contributed by atoms with Gasteiger partial charge in [-0.25, -0.2) is 4.79 Å². The van der Waals surface area contributed by atoms with Crippen LogP contribution in [-0.4, -0.2) is 11.8 Å². The fraction of sp³-hybridized carbons (Fsp3) is 0.0476. The maximum Gasteiger partial charge on any atom is 0.379 e. The Morgan fingerprint density at radius 3 is 2.68 bits per heavy atom. The second-order valence-corrected chi connectivity index (χ2v) is 6.88. The van der Waals surface area contributed by atoms with Crippen molar-refractivity contribution in [2.75, 3.05) is 0 Å². The second-order valence-electron chi connectivity index (χ2n) is 6.04. The zero-order valence-corrected chi connectivity index (χ0v) is 16.0. The topological polar surface area (TPSA) is 65.7 Å². The minimum atomic E-state index is -0.638. The molecule has 0 amide bonds. The molecule has 0 saturated heterocycles. The van der Waals surface area contributed by atoms with Gasteiger partial charge in [0.1, 0.15) is 11.5 Å². The number of hydrogen-bond acceptors (Lipinski definition) is 5. The zero-order chi connectivity index (χ0) is 19.8. The van der Waals surface area contributed by atoms with E-state index in [1.54, 1.807) is 49.4 Å². The van der Waals surface area contributed by atoms with Crippen molar-refractivity contribution in [2.45, 2.75) is 6.92 Å². The Balaban J connectivity index is 1.64. The number of allylic oxidation sites excluding steroid dienone is 1. The summed E-state index contributed by atoms with van der Waals surface area (Å²) in [5, 5.41) is 0.894. The Hall–Kier alpha value is -3.02. The zero-order valence-electron chi connectivity index (χ0n) is 14.5. The molecule has 5 nitrogen and oxygen atoms in total. The van der Waals surface area contributed by atoms with Gasteiger partial charge in [0.25, 0.3) is 0 Å². The van der Waals surface area contributed by atoms with Gasteiger partial charge in [-0.1, -0.05) is 29.3 Å². The highest BCUT2D eigenvalue weighted by atomic mass is 35.5. The first-order valence-corrected chi connectivity index (χ1v) is 8.98. The Kier molecular flexibility index (Phi) is 4.71. The molecule has 0 bridgehead atoms. The van der Waals surface area contributed by atoms with E-state index in [0.717, 1.165) is 0 Å². The standard InChI is InChI=1S/C21H12Cl2O5/c1-11-16(28-21(25)17-3-2-8-26-17)7-6-14-19(24)18(27-20(11)14)9-12-4-5-13(22)10-15(12)23/h2-10H,1H3/b18-9-. The van der Waals surface area contributed by atoms with Gasteiger partial charge in [0, 0.05) is 15.6 Å². The summed E-state index contributed by atoms with van der Waals surface area (Å²) < 4.78 is 16.1. The summed E-state index contributed by atoms with van der Waals surface area (Å²) in [6, 6.07) is 11.1. The molecule has 0 saturated carbocycles. The Morgan fingerprint density at radius 1 is 1.14 bits per heavy atom. The minimum absolute atomic E-state index is 0.0786. The number of fused-ring (bicyclic) bond motifs is 1. The number of ether oxygens (including phenoxy) is 2. The second kappa shape index (κ2) is 7.19. The first-order valence-electron chi connectivity index (χ1n) is 8.22. The molecular formula is C21H12Cl2O5. The number of esters is 1. The van der Waals surface area contributed by atoms with Crippen molar-refractivity contribution in [3.63, 3.8) is 0 Å². The van der Waals surface area contributed by atoms with E-state index < -0.39 is 5.97 Å². The van der Waals surface area contributed by atoms with Crippen LogP contribution in [0.15, 0.2) is 58.9 Å². The van der Waals surface area contributed by atoms with Crippen molar-refractivity contribution in [1.82, 2.24) is 0 Å². The van der Waals surface area contributed by atoms with Crippen molar-refractivity contribution in [2.24, 2.45) is 0 Å². The largest absolute Gasteiger partial charge is 0.457 e. The smallest absolute Gasteiger partial charge is 0.379 e. The molecule has 3 aromatic rings. The molecular weight excluding hydrogens is 403 g/mol. The van der Waals surface area contributed by atoms with E-state index in [9.17, 15) is 9.59 Å². The van der Waals surface area contributed by atoms with Crippen LogP contribution in [0.25, 0.3) is 6.08 Å². The number of carbonyl (C=O) groups excluding carboxylic acids is 2. The normalized spacial score (nSPS) is 14.1. The first kappa shape index (κ1) is 18.3. The lowest BCUT2D eigenvalue weighted by Gasteiger charge is -2.09. The van der Waals surface area contributed by atoms with E-state index in [0.29, 0.717) is 32.5 Å². The average Bonchev–Trinajstić information content (AvgIpc) is 3.30. The summed E-state index contributed by atoms with van der Waals surface area (Å²) in [7, 11) is 0. The van der Waals surface area contributed by atoms with E-state index >= 15 is 0 Å². The fourth-order valence-electron chi connectivity index (χ4n) is 2.78. The van der Waals surface area contributed by atoms with Gasteiger partial charge >= 0.3 is 5.97 Å². The van der Waals surface area contributed by atoms with Crippen LogP contribution in [0.3, 0.4) is 0 Å². The van der Waals surface area contributed by atoms with Gasteiger partial charge in [0.15, 0.2) is 5.76 Å². The van der Waals surface area contributed by atoms with Gasteiger partial charge in [-0.15, -0.1) is 0 Å². The average molecular weight is 415 g/mol. The molecule has 2 aromatic carbocycles. The lowest BCUT2D eigenvalue weighted by Crippen LogP contribution is -2.08. The summed E-state index contributed by atoms with van der Waals surface area (Å²) in [5.41, 5.74) is 1.51. The predicted molar refractivity (Wildman–Crippen MR) is 104 cm³/mol. The van der Waals surface area contributed by atoms with Gasteiger partial charge in [0.05, 0.1) is 11.8 Å². The number of furan rings is 1. The molecule has 1 aliphatic heterocycles. The molecule has 0 aliphatic carbocycles. The molecule has 0 radical (unpaired) electrons. The SMILES string of the molecule is Cc1c(OC(=O)c2ccco2)ccc2c1O/C(=C\c1ccc(Cl)cc1Cl)C2=O. The number of carbonyl (C=O) groups is 2. The van der Waals surface area contributed by atoms with Gasteiger partial charge in [-0.3, -0.25) is 4.79 Å². The lowest BCUT2D eigenvalue weighted by atomic mass is 10.1. The highest BCUT2D eigenvalue weighted by Crippen LogP contribution is 2.40. The molecule has 1 aromatic heterocycles. The molecule has 140 valence electrons. The number of halogens is 2. The van der Waals surface area contributed by atoms with Crippen LogP contribution in [0.1, 0.15) is 32.0 Å². The van der Waals surface area contributed by atoms with Crippen LogP contribution in [0.4, 0.5) is 0 Å². The Labute approximate surface area is 170 Å². The number of Topliss-reactive ketones (excluding diaryl/α,β-unsaturated/α-hetero) is 1. The molecule has 0 fully saturated rings. The van der Waals surface area contributed by atoms with Crippen molar-refractivity contribution >= 4 is 41.0 Å². The summed E-state index contributed by atoms with van der Waals surface area (Å²) in [6.45, 7) is 1.70. The van der Waals surface area contributed by atoms with E-state index in [2.05, 4.69) is 0 Å².